The molecule has 2 N–H and O–H groups in total. The van der Waals surface area contributed by atoms with E-state index in [0.29, 0.717) is 6.42 Å². The summed E-state index contributed by atoms with van der Waals surface area (Å²) in [6, 6.07) is 16.9. The van der Waals surface area contributed by atoms with Crippen molar-refractivity contribution in [3.05, 3.63) is 65.2 Å². The topological polar surface area (TPSA) is 43.1 Å². The van der Waals surface area contributed by atoms with Crippen LogP contribution in [-0.4, -0.2) is 5.91 Å². The first kappa shape index (κ1) is 14.7. The fourth-order valence-corrected chi connectivity index (χ4v) is 3.09. The molecule has 0 saturated carbocycles. The van der Waals surface area contributed by atoms with Gasteiger partial charge in [-0.05, 0) is 42.2 Å². The van der Waals surface area contributed by atoms with Crippen molar-refractivity contribution in [2.24, 2.45) is 5.73 Å². The Hall–Kier alpha value is -1.74. The van der Waals surface area contributed by atoms with E-state index in [1.807, 2.05) is 17.8 Å². The van der Waals surface area contributed by atoms with Gasteiger partial charge in [0.05, 0.1) is 0 Å². The maximum absolute atomic E-state index is 10.9. The molecular formula is C17H19NOS. The van der Waals surface area contributed by atoms with E-state index in [1.165, 1.54) is 21.6 Å². The minimum absolute atomic E-state index is 0.245. The third-order valence-electron chi connectivity index (χ3n) is 3.02. The van der Waals surface area contributed by atoms with Crippen LogP contribution in [0, 0.1) is 6.92 Å². The summed E-state index contributed by atoms with van der Waals surface area (Å²) >= 11 is 1.82. The summed E-state index contributed by atoms with van der Waals surface area (Å²) in [7, 11) is 0. The largest absolute Gasteiger partial charge is 0.370 e. The number of hydrogen-bond donors (Lipinski definition) is 1. The van der Waals surface area contributed by atoms with Gasteiger partial charge in [0.25, 0.3) is 0 Å². The van der Waals surface area contributed by atoms with E-state index < -0.39 is 0 Å². The quantitative estimate of drug-likeness (QED) is 0.822. The Labute approximate surface area is 124 Å². The maximum Gasteiger partial charge on any atom is 0.217 e. The molecule has 2 aromatic rings. The molecule has 20 heavy (non-hydrogen) atoms. The molecule has 0 aliphatic heterocycles. The van der Waals surface area contributed by atoms with Gasteiger partial charge in [0.2, 0.25) is 5.91 Å². The molecule has 3 heteroatoms. The number of amides is 1. The molecule has 0 radical (unpaired) electrons. The molecule has 104 valence electrons. The van der Waals surface area contributed by atoms with Crippen molar-refractivity contribution in [3.63, 3.8) is 0 Å². The standard InChI is InChI=1S/C17H19NOS/c1-13-9-15(7-8-17(18)19)11-16(10-13)20-12-14-5-3-2-4-6-14/h2-6,9-11H,7-8,12H2,1H3,(H2,18,19). The lowest BCUT2D eigenvalue weighted by Gasteiger charge is -2.07. The number of primary amides is 1. The molecule has 0 aliphatic carbocycles. The number of rotatable bonds is 6. The Bertz CT molecular complexity index is 581. The summed E-state index contributed by atoms with van der Waals surface area (Å²) in [5.74, 6) is 0.713. The van der Waals surface area contributed by atoms with Gasteiger partial charge in [0, 0.05) is 17.1 Å². The monoisotopic (exact) mass is 285 g/mol. The molecule has 0 unspecified atom stereocenters. The van der Waals surface area contributed by atoms with Crippen molar-refractivity contribution < 1.29 is 4.79 Å². The summed E-state index contributed by atoms with van der Waals surface area (Å²) in [5.41, 5.74) is 8.93. The fourth-order valence-electron chi connectivity index (χ4n) is 2.06. The fraction of sp³-hybridized carbons (Fsp3) is 0.235. The molecule has 0 spiro atoms. The van der Waals surface area contributed by atoms with E-state index in [0.717, 1.165) is 12.2 Å². The number of aryl methyl sites for hydroxylation is 2. The van der Waals surface area contributed by atoms with Gasteiger partial charge in [-0.1, -0.05) is 36.4 Å². The lowest BCUT2D eigenvalue weighted by Crippen LogP contribution is -2.11. The molecule has 0 aromatic heterocycles. The Balaban J connectivity index is 2.02. The van der Waals surface area contributed by atoms with Crippen LogP contribution < -0.4 is 5.73 Å². The van der Waals surface area contributed by atoms with Crippen LogP contribution in [0.2, 0.25) is 0 Å². The van der Waals surface area contributed by atoms with Gasteiger partial charge < -0.3 is 5.73 Å². The van der Waals surface area contributed by atoms with Crippen molar-refractivity contribution in [2.45, 2.75) is 30.4 Å². The average molecular weight is 285 g/mol. The molecule has 2 rings (SSSR count). The van der Waals surface area contributed by atoms with Gasteiger partial charge in [-0.3, -0.25) is 4.79 Å². The molecule has 0 atom stereocenters. The molecule has 0 saturated heterocycles. The molecule has 0 bridgehead atoms. The number of carbonyl (C=O) groups is 1. The highest BCUT2D eigenvalue weighted by molar-refractivity contribution is 7.98. The van der Waals surface area contributed by atoms with Gasteiger partial charge in [0.15, 0.2) is 0 Å². The second kappa shape index (κ2) is 7.15. The minimum Gasteiger partial charge on any atom is -0.370 e. The highest BCUT2D eigenvalue weighted by Gasteiger charge is 2.02. The van der Waals surface area contributed by atoms with Crippen LogP contribution in [0.5, 0.6) is 0 Å². The average Bonchev–Trinajstić information content (AvgIpc) is 2.44. The van der Waals surface area contributed by atoms with Crippen LogP contribution in [0.25, 0.3) is 0 Å². The number of nitrogens with two attached hydrogens (primary N) is 1. The molecule has 0 aliphatic rings. The lowest BCUT2D eigenvalue weighted by molar-refractivity contribution is -0.117. The van der Waals surface area contributed by atoms with E-state index in [1.54, 1.807) is 0 Å². The van der Waals surface area contributed by atoms with Gasteiger partial charge in [-0.2, -0.15) is 0 Å². The highest BCUT2D eigenvalue weighted by atomic mass is 32.2. The second-order valence-corrected chi connectivity index (χ2v) is 5.94. The summed E-state index contributed by atoms with van der Waals surface area (Å²) in [4.78, 5) is 12.1. The van der Waals surface area contributed by atoms with Crippen LogP contribution in [0.3, 0.4) is 0 Å². The van der Waals surface area contributed by atoms with Gasteiger partial charge in [-0.15, -0.1) is 11.8 Å². The Morgan fingerprint density at radius 1 is 1.10 bits per heavy atom. The predicted molar refractivity (Wildman–Crippen MR) is 84.7 cm³/mol. The summed E-state index contributed by atoms with van der Waals surface area (Å²) in [5, 5.41) is 0. The van der Waals surface area contributed by atoms with Crippen LogP contribution in [0.15, 0.2) is 53.4 Å². The summed E-state index contributed by atoms with van der Waals surface area (Å²) in [6.07, 6.45) is 1.13. The van der Waals surface area contributed by atoms with E-state index in [-0.39, 0.29) is 5.91 Å². The number of hydrogen-bond acceptors (Lipinski definition) is 2. The van der Waals surface area contributed by atoms with Gasteiger partial charge in [0.1, 0.15) is 0 Å². The number of thioether (sulfide) groups is 1. The van der Waals surface area contributed by atoms with Crippen molar-refractivity contribution in [1.29, 1.82) is 0 Å². The molecule has 2 aromatic carbocycles. The number of carbonyl (C=O) groups excluding carboxylic acids is 1. The van der Waals surface area contributed by atoms with Crippen LogP contribution >= 0.6 is 11.8 Å². The Morgan fingerprint density at radius 2 is 1.85 bits per heavy atom. The lowest BCUT2D eigenvalue weighted by atomic mass is 10.1. The Morgan fingerprint density at radius 3 is 2.55 bits per heavy atom. The third-order valence-corrected chi connectivity index (χ3v) is 4.07. The van der Waals surface area contributed by atoms with E-state index >= 15 is 0 Å². The van der Waals surface area contributed by atoms with Crippen molar-refractivity contribution in [3.8, 4) is 0 Å². The van der Waals surface area contributed by atoms with E-state index in [2.05, 4.69) is 49.4 Å². The molecule has 1 amide bonds. The zero-order valence-electron chi connectivity index (χ0n) is 11.6. The first-order valence-electron chi connectivity index (χ1n) is 6.69. The SMILES string of the molecule is Cc1cc(CCC(N)=O)cc(SCc2ccccc2)c1. The maximum atomic E-state index is 10.9. The first-order valence-corrected chi connectivity index (χ1v) is 7.67. The van der Waals surface area contributed by atoms with Gasteiger partial charge in [-0.25, -0.2) is 0 Å². The van der Waals surface area contributed by atoms with Crippen molar-refractivity contribution >= 4 is 17.7 Å². The highest BCUT2D eigenvalue weighted by Crippen LogP contribution is 2.25. The summed E-state index contributed by atoms with van der Waals surface area (Å²) in [6.45, 7) is 2.08. The van der Waals surface area contributed by atoms with Crippen LogP contribution in [0.4, 0.5) is 0 Å². The van der Waals surface area contributed by atoms with Crippen LogP contribution in [-0.2, 0) is 17.0 Å². The molecule has 2 nitrogen and oxygen atoms in total. The number of benzene rings is 2. The van der Waals surface area contributed by atoms with E-state index in [4.69, 9.17) is 5.73 Å². The molecule has 0 heterocycles. The predicted octanol–water partition coefficient (Wildman–Crippen LogP) is 3.71. The second-order valence-electron chi connectivity index (χ2n) is 4.89. The normalized spacial score (nSPS) is 10.4. The third kappa shape index (κ3) is 4.74. The zero-order valence-corrected chi connectivity index (χ0v) is 12.5. The minimum atomic E-state index is -0.245. The Kier molecular flexibility index (Phi) is 5.24. The van der Waals surface area contributed by atoms with E-state index in [9.17, 15) is 4.79 Å². The molecular weight excluding hydrogens is 266 g/mol. The van der Waals surface area contributed by atoms with Gasteiger partial charge >= 0.3 is 0 Å². The zero-order chi connectivity index (χ0) is 14.4. The van der Waals surface area contributed by atoms with Crippen molar-refractivity contribution in [1.82, 2.24) is 0 Å². The molecule has 0 fully saturated rings. The van der Waals surface area contributed by atoms with Crippen LogP contribution in [0.1, 0.15) is 23.1 Å². The summed E-state index contributed by atoms with van der Waals surface area (Å²) < 4.78 is 0. The smallest absolute Gasteiger partial charge is 0.217 e. The van der Waals surface area contributed by atoms with Crippen molar-refractivity contribution in [2.75, 3.05) is 0 Å². The first-order chi connectivity index (χ1) is 9.63.